The fourth-order valence-electron chi connectivity index (χ4n) is 0.842. The fraction of sp³-hybridized carbons (Fsp3) is 0.500. The molecular formula is C8H13N2. The van der Waals surface area contributed by atoms with Crippen molar-refractivity contribution in [3.05, 3.63) is 25.1 Å². The summed E-state index contributed by atoms with van der Waals surface area (Å²) >= 11 is 0. The molecule has 2 heteroatoms. The van der Waals surface area contributed by atoms with Crippen LogP contribution in [0.25, 0.3) is 0 Å². The van der Waals surface area contributed by atoms with Crippen LogP contribution in [0.4, 0.5) is 0 Å². The molecule has 0 bridgehead atoms. The van der Waals surface area contributed by atoms with Crippen molar-refractivity contribution in [3.8, 4) is 0 Å². The lowest BCUT2D eigenvalue weighted by atomic mass is 10.1. The molecule has 1 rings (SSSR count). The standard InChI is InChI=1S/C8H13N2/c1-3-7(2)6-8-9-4-5-10-8/h4-5,7H,1,3,6H2,2H3,(H,9,10)/t7-/m0/s1. The van der Waals surface area contributed by atoms with Crippen LogP contribution in [0.1, 0.15) is 19.2 Å². The second-order valence-electron chi connectivity index (χ2n) is 2.63. The molecule has 1 heterocycles. The zero-order chi connectivity index (χ0) is 7.40. The number of rotatable bonds is 3. The van der Waals surface area contributed by atoms with Crippen molar-refractivity contribution < 1.29 is 0 Å². The Balaban J connectivity index is 2.40. The smallest absolute Gasteiger partial charge is 0.106 e. The Morgan fingerprint density at radius 3 is 3.10 bits per heavy atom. The summed E-state index contributed by atoms with van der Waals surface area (Å²) < 4.78 is 0. The molecule has 0 aliphatic rings. The Bertz CT molecular complexity index is 167. The molecule has 0 saturated heterocycles. The van der Waals surface area contributed by atoms with E-state index in [1.165, 1.54) is 0 Å². The molecule has 0 spiro atoms. The largest absolute Gasteiger partial charge is 0.349 e. The zero-order valence-corrected chi connectivity index (χ0v) is 6.30. The highest BCUT2D eigenvalue weighted by atomic mass is 14.9. The summed E-state index contributed by atoms with van der Waals surface area (Å²) in [6.07, 6.45) is 5.62. The lowest BCUT2D eigenvalue weighted by Crippen LogP contribution is -1.99. The number of nitrogens with zero attached hydrogens (tertiary/aromatic N) is 1. The molecule has 10 heavy (non-hydrogen) atoms. The Hall–Kier alpha value is -0.790. The molecule has 0 saturated carbocycles. The molecule has 0 aliphatic heterocycles. The Morgan fingerprint density at radius 1 is 1.80 bits per heavy atom. The van der Waals surface area contributed by atoms with E-state index in [4.69, 9.17) is 0 Å². The maximum atomic E-state index is 4.12. The first-order valence-electron chi connectivity index (χ1n) is 3.60. The number of H-pyrrole nitrogens is 1. The second-order valence-corrected chi connectivity index (χ2v) is 2.63. The molecule has 0 fully saturated rings. The van der Waals surface area contributed by atoms with Crippen molar-refractivity contribution in [2.75, 3.05) is 0 Å². The van der Waals surface area contributed by atoms with E-state index in [0.29, 0.717) is 5.92 Å². The van der Waals surface area contributed by atoms with E-state index in [9.17, 15) is 0 Å². The number of hydrogen-bond acceptors (Lipinski definition) is 1. The molecule has 1 radical (unpaired) electrons. The van der Waals surface area contributed by atoms with E-state index in [1.54, 1.807) is 6.20 Å². The zero-order valence-electron chi connectivity index (χ0n) is 6.30. The summed E-state index contributed by atoms with van der Waals surface area (Å²) in [5.41, 5.74) is 0. The van der Waals surface area contributed by atoms with E-state index >= 15 is 0 Å². The molecule has 1 aromatic heterocycles. The molecule has 0 unspecified atom stereocenters. The molecule has 55 valence electrons. The summed E-state index contributed by atoms with van der Waals surface area (Å²) in [4.78, 5) is 7.18. The van der Waals surface area contributed by atoms with Gasteiger partial charge in [0, 0.05) is 18.8 Å². The van der Waals surface area contributed by atoms with Gasteiger partial charge in [-0.2, -0.15) is 0 Å². The van der Waals surface area contributed by atoms with Crippen molar-refractivity contribution in [3.63, 3.8) is 0 Å². The van der Waals surface area contributed by atoms with Crippen LogP contribution in [-0.2, 0) is 6.42 Å². The van der Waals surface area contributed by atoms with E-state index < -0.39 is 0 Å². The molecule has 0 aromatic carbocycles. The normalized spacial score (nSPS) is 13.4. The molecule has 1 atom stereocenters. The molecule has 1 N–H and O–H groups in total. The van der Waals surface area contributed by atoms with E-state index in [-0.39, 0.29) is 0 Å². The summed E-state index contributed by atoms with van der Waals surface area (Å²) in [5.74, 6) is 1.70. The van der Waals surface area contributed by atoms with Gasteiger partial charge in [0.15, 0.2) is 0 Å². The van der Waals surface area contributed by atoms with E-state index in [1.807, 2.05) is 6.20 Å². The van der Waals surface area contributed by atoms with Gasteiger partial charge in [0.25, 0.3) is 0 Å². The lowest BCUT2D eigenvalue weighted by Gasteiger charge is -2.03. The van der Waals surface area contributed by atoms with Gasteiger partial charge in [-0.3, -0.25) is 0 Å². The first-order valence-corrected chi connectivity index (χ1v) is 3.60. The third kappa shape index (κ3) is 1.87. The first-order chi connectivity index (χ1) is 4.83. The van der Waals surface area contributed by atoms with Crippen molar-refractivity contribution in [1.82, 2.24) is 9.97 Å². The summed E-state index contributed by atoms with van der Waals surface area (Å²) in [5, 5.41) is 0. The SMILES string of the molecule is [CH2]C[C@H](C)Cc1ncc[nH]1. The minimum atomic E-state index is 0.631. The molecule has 0 amide bonds. The monoisotopic (exact) mass is 137 g/mol. The van der Waals surface area contributed by atoms with Gasteiger partial charge >= 0.3 is 0 Å². The average molecular weight is 137 g/mol. The fourth-order valence-corrected chi connectivity index (χ4v) is 0.842. The van der Waals surface area contributed by atoms with Gasteiger partial charge < -0.3 is 4.98 Å². The van der Waals surface area contributed by atoms with Gasteiger partial charge in [0.1, 0.15) is 5.82 Å². The highest BCUT2D eigenvalue weighted by Gasteiger charge is 2.00. The van der Waals surface area contributed by atoms with Gasteiger partial charge in [-0.05, 0) is 5.92 Å². The molecule has 0 aliphatic carbocycles. The van der Waals surface area contributed by atoms with Crippen LogP contribution in [0.2, 0.25) is 0 Å². The number of aromatic nitrogens is 2. The van der Waals surface area contributed by atoms with Crippen LogP contribution < -0.4 is 0 Å². The maximum Gasteiger partial charge on any atom is 0.106 e. The maximum absolute atomic E-state index is 4.12. The highest BCUT2D eigenvalue weighted by Crippen LogP contribution is 2.06. The lowest BCUT2D eigenvalue weighted by molar-refractivity contribution is 0.572. The topological polar surface area (TPSA) is 28.7 Å². The van der Waals surface area contributed by atoms with Crippen LogP contribution in [0.5, 0.6) is 0 Å². The number of aromatic amines is 1. The summed E-state index contributed by atoms with van der Waals surface area (Å²) in [6, 6.07) is 0. The van der Waals surface area contributed by atoms with E-state index in [0.717, 1.165) is 18.7 Å². The molecule has 1 aromatic rings. The minimum absolute atomic E-state index is 0.631. The predicted octanol–water partition coefficient (Wildman–Crippen LogP) is 1.81. The summed E-state index contributed by atoms with van der Waals surface area (Å²) in [6.45, 7) is 6.00. The van der Waals surface area contributed by atoms with Crippen molar-refractivity contribution in [2.24, 2.45) is 5.92 Å². The number of nitrogens with one attached hydrogen (secondary N) is 1. The Kier molecular flexibility index (Phi) is 2.49. The average Bonchev–Trinajstić information content (AvgIpc) is 2.40. The third-order valence-corrected chi connectivity index (χ3v) is 1.59. The Morgan fingerprint density at radius 2 is 2.60 bits per heavy atom. The van der Waals surface area contributed by atoms with Crippen LogP contribution in [0, 0.1) is 12.8 Å². The van der Waals surface area contributed by atoms with Gasteiger partial charge in [0.05, 0.1) is 0 Å². The van der Waals surface area contributed by atoms with Crippen molar-refractivity contribution in [1.29, 1.82) is 0 Å². The third-order valence-electron chi connectivity index (χ3n) is 1.59. The molecular weight excluding hydrogens is 124 g/mol. The van der Waals surface area contributed by atoms with Crippen LogP contribution in [0.3, 0.4) is 0 Å². The highest BCUT2D eigenvalue weighted by molar-refractivity contribution is 4.88. The van der Waals surface area contributed by atoms with E-state index in [2.05, 4.69) is 23.8 Å². The van der Waals surface area contributed by atoms with Gasteiger partial charge in [0.2, 0.25) is 0 Å². The predicted molar refractivity (Wildman–Crippen MR) is 41.4 cm³/mol. The Labute approximate surface area is 61.7 Å². The van der Waals surface area contributed by atoms with Crippen LogP contribution in [-0.4, -0.2) is 9.97 Å². The van der Waals surface area contributed by atoms with Crippen LogP contribution in [0.15, 0.2) is 12.4 Å². The summed E-state index contributed by atoms with van der Waals surface area (Å²) in [7, 11) is 0. The number of imidazole rings is 1. The van der Waals surface area contributed by atoms with Gasteiger partial charge in [-0.1, -0.05) is 20.3 Å². The quantitative estimate of drug-likeness (QED) is 0.676. The van der Waals surface area contributed by atoms with Crippen molar-refractivity contribution >= 4 is 0 Å². The number of hydrogen-bond donors (Lipinski definition) is 1. The van der Waals surface area contributed by atoms with Crippen molar-refractivity contribution in [2.45, 2.75) is 19.8 Å². The van der Waals surface area contributed by atoms with Crippen LogP contribution >= 0.6 is 0 Å². The van der Waals surface area contributed by atoms with Gasteiger partial charge in [-0.25, -0.2) is 4.98 Å². The molecule has 2 nitrogen and oxygen atoms in total. The minimum Gasteiger partial charge on any atom is -0.349 e. The van der Waals surface area contributed by atoms with Gasteiger partial charge in [-0.15, -0.1) is 0 Å². The first kappa shape index (κ1) is 7.32. The second kappa shape index (κ2) is 3.40.